The van der Waals surface area contributed by atoms with E-state index in [0.29, 0.717) is 13.0 Å². The monoisotopic (exact) mass is 258 g/mol. The van der Waals surface area contributed by atoms with Gasteiger partial charge >= 0.3 is 0 Å². The Morgan fingerprint density at radius 3 is 2.94 bits per heavy atom. The first-order valence-electron chi connectivity index (χ1n) is 5.77. The van der Waals surface area contributed by atoms with Crippen LogP contribution >= 0.6 is 11.8 Å². The fraction of sp³-hybridized carbons (Fsp3) is 0.727. The molecule has 0 aromatic heterocycles. The van der Waals surface area contributed by atoms with Crippen molar-refractivity contribution in [3.8, 4) is 0 Å². The van der Waals surface area contributed by atoms with E-state index < -0.39 is 12.2 Å². The number of rotatable bonds is 3. The highest BCUT2D eigenvalue weighted by Crippen LogP contribution is 2.34. The predicted octanol–water partition coefficient (Wildman–Crippen LogP) is 0.0901. The third-order valence-electron chi connectivity index (χ3n) is 2.99. The van der Waals surface area contributed by atoms with Gasteiger partial charge in [0, 0.05) is 0 Å². The Kier molecular flexibility index (Phi) is 4.09. The maximum atomic E-state index is 10.0. The number of amidine groups is 1. The molecular weight excluding hydrogens is 240 g/mol. The molecule has 0 aromatic carbocycles. The van der Waals surface area contributed by atoms with Crippen molar-refractivity contribution in [1.29, 1.82) is 0 Å². The van der Waals surface area contributed by atoms with Crippen molar-refractivity contribution >= 4 is 16.9 Å². The van der Waals surface area contributed by atoms with Crippen LogP contribution in [0.3, 0.4) is 0 Å². The van der Waals surface area contributed by atoms with E-state index in [1.54, 1.807) is 6.08 Å². The third-order valence-corrected chi connectivity index (χ3v) is 4.09. The lowest BCUT2D eigenvalue weighted by atomic mass is 9.97. The van der Waals surface area contributed by atoms with Gasteiger partial charge in [-0.2, -0.15) is 0 Å². The van der Waals surface area contributed by atoms with Gasteiger partial charge in [0.2, 0.25) is 0 Å². The molecule has 5 atom stereocenters. The highest BCUT2D eigenvalue weighted by molar-refractivity contribution is 8.14. The Morgan fingerprint density at radius 2 is 2.29 bits per heavy atom. The van der Waals surface area contributed by atoms with Crippen molar-refractivity contribution in [3.63, 3.8) is 0 Å². The fourth-order valence-electron chi connectivity index (χ4n) is 2.04. The molecule has 0 radical (unpaired) electrons. The Hall–Kier alpha value is -0.560. The second-order valence-corrected chi connectivity index (χ2v) is 5.24. The number of fused-ring (bicyclic) bond motifs is 1. The van der Waals surface area contributed by atoms with Crippen LogP contribution in [0, 0.1) is 0 Å². The number of nitrogens with zero attached hydrogens (tertiary/aromatic N) is 1. The molecule has 0 spiro atoms. The molecule has 0 aromatic rings. The van der Waals surface area contributed by atoms with Gasteiger partial charge in [-0.05, 0) is 6.42 Å². The summed E-state index contributed by atoms with van der Waals surface area (Å²) in [5.41, 5.74) is -0.179. The van der Waals surface area contributed by atoms with Crippen LogP contribution in [0.15, 0.2) is 17.6 Å². The second kappa shape index (κ2) is 5.39. The van der Waals surface area contributed by atoms with Crippen molar-refractivity contribution < 1.29 is 14.9 Å². The topological polar surface area (TPSA) is 74.1 Å². The van der Waals surface area contributed by atoms with Crippen LogP contribution in [0.5, 0.6) is 0 Å². The van der Waals surface area contributed by atoms with Gasteiger partial charge in [-0.25, -0.2) is 0 Å². The van der Waals surface area contributed by atoms with E-state index >= 15 is 0 Å². The molecule has 17 heavy (non-hydrogen) atoms. The van der Waals surface area contributed by atoms with Crippen molar-refractivity contribution in [1.82, 2.24) is 5.32 Å². The Labute approximate surface area is 105 Å². The fourth-order valence-corrected chi connectivity index (χ4v) is 3.19. The van der Waals surface area contributed by atoms with Crippen LogP contribution in [0.25, 0.3) is 0 Å². The molecule has 2 aliphatic heterocycles. The quantitative estimate of drug-likeness (QED) is 0.626. The summed E-state index contributed by atoms with van der Waals surface area (Å²) < 4.78 is 5.74. The minimum absolute atomic E-state index is 0.179. The molecule has 5 nitrogen and oxygen atoms in total. The van der Waals surface area contributed by atoms with Crippen molar-refractivity contribution in [2.24, 2.45) is 4.99 Å². The maximum absolute atomic E-state index is 10.0. The molecule has 2 aliphatic rings. The molecule has 3 N–H and O–H groups in total. The lowest BCUT2D eigenvalue weighted by molar-refractivity contribution is -0.156. The molecule has 0 aliphatic carbocycles. The first-order valence-corrected chi connectivity index (χ1v) is 6.65. The Balaban J connectivity index is 2.07. The first kappa shape index (κ1) is 12.9. The van der Waals surface area contributed by atoms with Crippen LogP contribution in [0.4, 0.5) is 0 Å². The zero-order valence-corrected chi connectivity index (χ0v) is 10.6. The Bertz CT molecular complexity index is 324. The average Bonchev–Trinajstić information content (AvgIpc) is 2.74. The van der Waals surface area contributed by atoms with E-state index in [4.69, 9.17) is 4.74 Å². The summed E-state index contributed by atoms with van der Waals surface area (Å²) in [5.74, 6) is 0. The number of aliphatic hydroxyl groups excluding tert-OH is 2. The van der Waals surface area contributed by atoms with Crippen molar-refractivity contribution in [2.45, 2.75) is 43.1 Å². The summed E-state index contributed by atoms with van der Waals surface area (Å²) in [4.78, 5) is 4.25. The lowest BCUT2D eigenvalue weighted by Crippen LogP contribution is -2.58. The van der Waals surface area contributed by atoms with Gasteiger partial charge in [0.15, 0.2) is 5.17 Å². The van der Waals surface area contributed by atoms with Gasteiger partial charge in [-0.3, -0.25) is 4.99 Å². The van der Waals surface area contributed by atoms with Crippen LogP contribution in [-0.4, -0.2) is 51.7 Å². The lowest BCUT2D eigenvalue weighted by Gasteiger charge is -2.38. The highest BCUT2D eigenvalue weighted by atomic mass is 32.2. The number of nitrogens with one attached hydrogen (secondary N) is 1. The van der Waals surface area contributed by atoms with Crippen LogP contribution in [-0.2, 0) is 4.74 Å². The van der Waals surface area contributed by atoms with Crippen LogP contribution in [0.1, 0.15) is 13.3 Å². The van der Waals surface area contributed by atoms with E-state index in [-0.39, 0.29) is 17.6 Å². The molecule has 2 saturated heterocycles. The number of hydrogen-bond acceptors (Lipinski definition) is 5. The summed E-state index contributed by atoms with van der Waals surface area (Å²) in [6.07, 6.45) is 0.425. The summed E-state index contributed by atoms with van der Waals surface area (Å²) in [7, 11) is 0. The zero-order valence-electron chi connectivity index (χ0n) is 9.74. The van der Waals surface area contributed by atoms with Gasteiger partial charge in [0.1, 0.15) is 17.6 Å². The molecule has 0 saturated carbocycles. The number of ether oxygens (including phenoxy) is 1. The summed E-state index contributed by atoms with van der Waals surface area (Å²) in [6, 6.07) is -0.290. The molecule has 2 fully saturated rings. The maximum Gasteiger partial charge on any atom is 0.159 e. The highest BCUT2D eigenvalue weighted by Gasteiger charge is 2.48. The van der Waals surface area contributed by atoms with Gasteiger partial charge in [0.05, 0.1) is 18.7 Å². The number of thioether (sulfide) groups is 1. The molecule has 0 amide bonds. The molecular formula is C11H18N2O3S. The summed E-state index contributed by atoms with van der Waals surface area (Å²) >= 11 is 1.46. The largest absolute Gasteiger partial charge is 0.388 e. The van der Waals surface area contributed by atoms with Gasteiger partial charge in [-0.1, -0.05) is 24.8 Å². The predicted molar refractivity (Wildman–Crippen MR) is 68.0 cm³/mol. The van der Waals surface area contributed by atoms with Crippen molar-refractivity contribution in [3.05, 3.63) is 12.7 Å². The Morgan fingerprint density at radius 1 is 1.53 bits per heavy atom. The third kappa shape index (κ3) is 2.49. The van der Waals surface area contributed by atoms with Crippen LogP contribution in [0.2, 0.25) is 0 Å². The van der Waals surface area contributed by atoms with Gasteiger partial charge in [-0.15, -0.1) is 6.58 Å². The minimum atomic E-state index is -0.840. The molecule has 96 valence electrons. The zero-order chi connectivity index (χ0) is 12.4. The number of hydrogen-bond donors (Lipinski definition) is 3. The van der Waals surface area contributed by atoms with E-state index in [0.717, 1.165) is 5.17 Å². The minimum Gasteiger partial charge on any atom is -0.388 e. The van der Waals surface area contributed by atoms with E-state index in [9.17, 15) is 10.2 Å². The first-order chi connectivity index (χ1) is 8.17. The molecule has 6 heteroatoms. The normalized spacial score (nSPS) is 43.2. The SMILES string of the molecule is C=CCN=C1N[C@@H]2[C@@H](O)[C@H](O)[C@@H](CC)O[C@@H]2S1. The number of aliphatic hydroxyl groups is 2. The molecule has 2 heterocycles. The van der Waals surface area contributed by atoms with Crippen LogP contribution < -0.4 is 5.32 Å². The summed E-state index contributed by atoms with van der Waals surface area (Å²) in [6.45, 7) is 6.06. The van der Waals surface area contributed by atoms with Gasteiger partial charge in [0.25, 0.3) is 0 Å². The second-order valence-electron chi connectivity index (χ2n) is 4.15. The number of aliphatic imine (C=N–C) groups is 1. The van der Waals surface area contributed by atoms with E-state index in [1.165, 1.54) is 11.8 Å². The molecule has 2 rings (SSSR count). The molecule has 0 bridgehead atoms. The average molecular weight is 258 g/mol. The summed E-state index contributed by atoms with van der Waals surface area (Å²) in [5, 5.41) is 23.7. The van der Waals surface area contributed by atoms with Gasteiger partial charge < -0.3 is 20.3 Å². The standard InChI is InChI=1S/C11H18N2O3S/c1-3-5-12-11-13-7-9(15)8(14)6(4-2)16-10(7)17-11/h3,6-10,14-15H,1,4-5H2,2H3,(H,12,13)/t6-,7-,8-,9-,10-/m1/s1. The van der Waals surface area contributed by atoms with E-state index in [1.807, 2.05) is 6.92 Å². The van der Waals surface area contributed by atoms with Crippen molar-refractivity contribution in [2.75, 3.05) is 6.54 Å². The molecule has 0 unspecified atom stereocenters. The smallest absolute Gasteiger partial charge is 0.159 e. The van der Waals surface area contributed by atoms with E-state index in [2.05, 4.69) is 16.9 Å².